The average molecular weight is 338 g/mol. The molecule has 24 heavy (non-hydrogen) atoms. The number of nitrogens with zero attached hydrogens (tertiary/aromatic N) is 2. The second kappa shape index (κ2) is 7.36. The zero-order valence-corrected chi connectivity index (χ0v) is 14.2. The molecule has 2 aromatic carbocycles. The van der Waals surface area contributed by atoms with Gasteiger partial charge in [0.05, 0.1) is 18.0 Å². The van der Waals surface area contributed by atoms with E-state index in [-0.39, 0.29) is 12.5 Å². The van der Waals surface area contributed by atoms with E-state index in [0.29, 0.717) is 11.8 Å². The van der Waals surface area contributed by atoms with Gasteiger partial charge < -0.3 is 9.30 Å². The molecule has 0 saturated heterocycles. The number of ether oxygens (including phenoxy) is 1. The lowest BCUT2D eigenvalue weighted by Gasteiger charge is -2.11. The van der Waals surface area contributed by atoms with E-state index in [4.69, 9.17) is 4.74 Å². The molecule has 0 unspecified atom stereocenters. The minimum absolute atomic E-state index is 0.0801. The summed E-state index contributed by atoms with van der Waals surface area (Å²) < 4.78 is 6.88. The Kier molecular flexibility index (Phi) is 5.01. The third-order valence-corrected chi connectivity index (χ3v) is 3.98. The van der Waals surface area contributed by atoms with Crippen LogP contribution in [0.25, 0.3) is 22.5 Å². The van der Waals surface area contributed by atoms with E-state index < -0.39 is 0 Å². The molecule has 0 aliphatic heterocycles. The maximum Gasteiger partial charge on any atom is 0.326 e. The molecular weight excluding hydrogens is 320 g/mol. The normalized spacial score (nSPS) is 10.6. The van der Waals surface area contributed by atoms with Gasteiger partial charge in [-0.25, -0.2) is 4.98 Å². The highest BCUT2D eigenvalue weighted by atomic mass is 32.1. The van der Waals surface area contributed by atoms with Crippen molar-refractivity contribution in [3.05, 3.63) is 60.7 Å². The Morgan fingerprint density at radius 3 is 2.21 bits per heavy atom. The lowest BCUT2D eigenvalue weighted by molar-refractivity contribution is -0.143. The van der Waals surface area contributed by atoms with E-state index in [1.165, 1.54) is 0 Å². The number of esters is 1. The fraction of sp³-hybridized carbons (Fsp3) is 0.158. The molecule has 0 atom stereocenters. The van der Waals surface area contributed by atoms with Gasteiger partial charge in [-0.2, -0.15) is 0 Å². The SMILES string of the molecule is CCOC(=O)Cn1c(S)nc(-c2ccccc2)c1-c1ccccc1. The number of carbonyl (C=O) groups is 1. The van der Waals surface area contributed by atoms with Crippen LogP contribution in [0, 0.1) is 0 Å². The number of hydrogen-bond acceptors (Lipinski definition) is 4. The van der Waals surface area contributed by atoms with Gasteiger partial charge in [-0.05, 0) is 6.92 Å². The predicted molar refractivity (Wildman–Crippen MR) is 97.0 cm³/mol. The second-order valence-electron chi connectivity index (χ2n) is 5.23. The van der Waals surface area contributed by atoms with Crippen molar-refractivity contribution >= 4 is 18.6 Å². The first-order valence-corrected chi connectivity index (χ1v) is 8.21. The summed E-state index contributed by atoms with van der Waals surface area (Å²) >= 11 is 4.48. The van der Waals surface area contributed by atoms with Crippen LogP contribution in [-0.2, 0) is 16.1 Å². The predicted octanol–water partition coefficient (Wildman–Crippen LogP) is 4.07. The number of thiol groups is 1. The van der Waals surface area contributed by atoms with Crippen molar-refractivity contribution in [3.63, 3.8) is 0 Å². The highest BCUT2D eigenvalue weighted by Gasteiger charge is 2.20. The number of hydrogen-bond donors (Lipinski definition) is 1. The van der Waals surface area contributed by atoms with Crippen LogP contribution in [0.15, 0.2) is 65.8 Å². The zero-order valence-electron chi connectivity index (χ0n) is 13.3. The fourth-order valence-corrected chi connectivity index (χ4v) is 2.88. The minimum atomic E-state index is -0.304. The lowest BCUT2D eigenvalue weighted by Crippen LogP contribution is -2.14. The number of carbonyl (C=O) groups excluding carboxylic acids is 1. The van der Waals surface area contributed by atoms with E-state index in [1.807, 2.05) is 60.7 Å². The van der Waals surface area contributed by atoms with Gasteiger partial charge in [-0.1, -0.05) is 60.7 Å². The van der Waals surface area contributed by atoms with Crippen molar-refractivity contribution in [2.45, 2.75) is 18.6 Å². The summed E-state index contributed by atoms with van der Waals surface area (Å²) in [6, 6.07) is 19.8. The van der Waals surface area contributed by atoms with Crippen molar-refractivity contribution in [1.82, 2.24) is 9.55 Å². The summed E-state index contributed by atoms with van der Waals surface area (Å²) in [5, 5.41) is 0.487. The molecule has 0 amide bonds. The van der Waals surface area contributed by atoms with Crippen molar-refractivity contribution in [2.75, 3.05) is 6.61 Å². The van der Waals surface area contributed by atoms with Crippen LogP contribution in [0.5, 0.6) is 0 Å². The van der Waals surface area contributed by atoms with Gasteiger partial charge in [0.15, 0.2) is 5.16 Å². The summed E-state index contributed by atoms with van der Waals surface area (Å²) in [6.45, 7) is 2.22. The maximum atomic E-state index is 12.0. The Bertz CT molecular complexity index is 829. The molecule has 0 bridgehead atoms. The monoisotopic (exact) mass is 338 g/mol. The molecule has 3 rings (SSSR count). The third kappa shape index (κ3) is 3.36. The summed E-state index contributed by atoms with van der Waals surface area (Å²) in [7, 11) is 0. The lowest BCUT2D eigenvalue weighted by atomic mass is 10.0. The quantitative estimate of drug-likeness (QED) is 0.563. The third-order valence-electron chi connectivity index (χ3n) is 3.63. The molecule has 0 saturated carbocycles. The van der Waals surface area contributed by atoms with Crippen molar-refractivity contribution < 1.29 is 9.53 Å². The first kappa shape index (κ1) is 16.3. The van der Waals surface area contributed by atoms with Gasteiger partial charge in [0.25, 0.3) is 0 Å². The maximum absolute atomic E-state index is 12.0. The molecule has 3 aromatic rings. The molecule has 1 aromatic heterocycles. The molecule has 0 N–H and O–H groups in total. The van der Waals surface area contributed by atoms with Crippen LogP contribution in [-0.4, -0.2) is 22.1 Å². The van der Waals surface area contributed by atoms with Crippen LogP contribution in [0.1, 0.15) is 6.92 Å². The van der Waals surface area contributed by atoms with Crippen LogP contribution in [0.2, 0.25) is 0 Å². The fourth-order valence-electron chi connectivity index (χ4n) is 2.61. The second-order valence-corrected chi connectivity index (χ2v) is 5.63. The van der Waals surface area contributed by atoms with Crippen molar-refractivity contribution in [3.8, 4) is 22.5 Å². The van der Waals surface area contributed by atoms with Crippen LogP contribution >= 0.6 is 12.6 Å². The molecular formula is C19H18N2O2S. The van der Waals surface area contributed by atoms with Crippen molar-refractivity contribution in [2.24, 2.45) is 0 Å². The van der Waals surface area contributed by atoms with E-state index in [9.17, 15) is 4.79 Å². The minimum Gasteiger partial charge on any atom is -0.465 e. The summed E-state index contributed by atoms with van der Waals surface area (Å²) in [4.78, 5) is 16.6. The molecule has 0 spiro atoms. The van der Waals surface area contributed by atoms with Crippen molar-refractivity contribution in [1.29, 1.82) is 0 Å². The Balaban J connectivity index is 2.15. The van der Waals surface area contributed by atoms with E-state index in [0.717, 1.165) is 22.5 Å². The molecule has 122 valence electrons. The van der Waals surface area contributed by atoms with Gasteiger partial charge in [0.2, 0.25) is 0 Å². The highest BCUT2D eigenvalue weighted by Crippen LogP contribution is 2.33. The first-order chi connectivity index (χ1) is 11.7. The number of imidazole rings is 1. The summed E-state index contributed by atoms with van der Waals surface area (Å²) in [5.41, 5.74) is 3.62. The largest absolute Gasteiger partial charge is 0.465 e. The topological polar surface area (TPSA) is 44.1 Å². The van der Waals surface area contributed by atoms with Crippen LogP contribution in [0.4, 0.5) is 0 Å². The standard InChI is InChI=1S/C19H18N2O2S/c1-2-23-16(22)13-21-18(15-11-7-4-8-12-15)17(20-19(21)24)14-9-5-3-6-10-14/h3-12H,2,13H2,1H3,(H,20,24). The number of rotatable bonds is 5. The summed E-state index contributed by atoms with van der Waals surface area (Å²) in [5.74, 6) is -0.304. The highest BCUT2D eigenvalue weighted by molar-refractivity contribution is 7.80. The molecule has 5 heteroatoms. The summed E-state index contributed by atoms with van der Waals surface area (Å²) in [6.07, 6.45) is 0. The number of benzene rings is 2. The zero-order chi connectivity index (χ0) is 16.9. The molecule has 1 heterocycles. The van der Waals surface area contributed by atoms with Gasteiger partial charge in [-0.15, -0.1) is 12.6 Å². The Labute approximate surface area is 146 Å². The van der Waals surface area contributed by atoms with Gasteiger partial charge in [0.1, 0.15) is 6.54 Å². The first-order valence-electron chi connectivity index (χ1n) is 7.76. The molecule has 0 radical (unpaired) electrons. The molecule has 0 aliphatic rings. The van der Waals surface area contributed by atoms with Crippen LogP contribution < -0.4 is 0 Å². The Hall–Kier alpha value is -2.53. The average Bonchev–Trinajstić information content (AvgIpc) is 2.93. The Morgan fingerprint density at radius 2 is 1.62 bits per heavy atom. The smallest absolute Gasteiger partial charge is 0.326 e. The van der Waals surface area contributed by atoms with Crippen LogP contribution in [0.3, 0.4) is 0 Å². The Morgan fingerprint density at radius 1 is 1.04 bits per heavy atom. The van der Waals surface area contributed by atoms with Gasteiger partial charge in [0, 0.05) is 11.1 Å². The van der Waals surface area contributed by atoms with E-state index in [1.54, 1.807) is 11.5 Å². The molecule has 0 aliphatic carbocycles. The van der Waals surface area contributed by atoms with E-state index in [2.05, 4.69) is 17.6 Å². The molecule has 0 fully saturated rings. The molecule has 4 nitrogen and oxygen atoms in total. The van der Waals surface area contributed by atoms with E-state index >= 15 is 0 Å². The van der Waals surface area contributed by atoms with Gasteiger partial charge >= 0.3 is 5.97 Å². The number of aromatic nitrogens is 2. The van der Waals surface area contributed by atoms with Gasteiger partial charge in [-0.3, -0.25) is 4.79 Å².